The Balaban J connectivity index is 1.67. The zero-order valence-corrected chi connectivity index (χ0v) is 14.8. The Morgan fingerprint density at radius 3 is 2.36 bits per heavy atom. The topological polar surface area (TPSA) is 99.9 Å². The quantitative estimate of drug-likeness (QED) is 0.737. The first kappa shape index (κ1) is 17.9. The molecule has 8 nitrogen and oxygen atoms in total. The molecule has 3 rings (SSSR count). The van der Waals surface area contributed by atoms with Crippen LogP contribution in [0.2, 0.25) is 0 Å². The molecule has 0 unspecified atom stereocenters. The van der Waals surface area contributed by atoms with Crippen LogP contribution in [0.1, 0.15) is 12.8 Å². The molecule has 2 atom stereocenters. The maximum absolute atomic E-state index is 12.6. The summed E-state index contributed by atoms with van der Waals surface area (Å²) in [5.41, 5.74) is 0. The minimum atomic E-state index is -3.21. The average Bonchev–Trinajstić information content (AvgIpc) is 3.16. The van der Waals surface area contributed by atoms with Crippen LogP contribution in [0.25, 0.3) is 0 Å². The van der Waals surface area contributed by atoms with Crippen molar-refractivity contribution >= 4 is 21.7 Å². The van der Waals surface area contributed by atoms with Gasteiger partial charge < -0.3 is 14.6 Å². The molecule has 0 aromatic carbocycles. The number of carboxylic acid groups (broad SMARTS) is 1. The minimum absolute atomic E-state index is 0.00132. The Kier molecular flexibility index (Phi) is 5.14. The third-order valence-electron chi connectivity index (χ3n) is 4.97. The second-order valence-corrected chi connectivity index (χ2v) is 8.80. The van der Waals surface area contributed by atoms with E-state index in [4.69, 9.17) is 5.11 Å². The Morgan fingerprint density at radius 2 is 1.68 bits per heavy atom. The number of aliphatic carboxylic acids is 1. The fourth-order valence-corrected chi connectivity index (χ4v) is 5.75. The Labute approximate surface area is 146 Å². The van der Waals surface area contributed by atoms with Gasteiger partial charge in [-0.1, -0.05) is 0 Å². The number of piperazine rings is 1. The highest BCUT2D eigenvalue weighted by atomic mass is 32.2. The van der Waals surface area contributed by atoms with Crippen molar-refractivity contribution in [1.82, 2.24) is 14.4 Å². The predicted octanol–water partition coefficient (Wildman–Crippen LogP) is -0.337. The van der Waals surface area contributed by atoms with Crippen molar-refractivity contribution < 1.29 is 23.1 Å². The fraction of sp³-hybridized carbons (Fsp3) is 0.625. The molecule has 2 aliphatic heterocycles. The third-order valence-corrected chi connectivity index (χ3v) is 6.67. The highest BCUT2D eigenvalue weighted by Gasteiger charge is 2.47. The summed E-state index contributed by atoms with van der Waals surface area (Å²) >= 11 is 0. The summed E-state index contributed by atoms with van der Waals surface area (Å²) < 4.78 is 26.1. The van der Waals surface area contributed by atoms with Crippen LogP contribution in [0.4, 0.5) is 0 Å². The molecule has 1 amide bonds. The van der Waals surface area contributed by atoms with Gasteiger partial charge in [0.05, 0.1) is 24.0 Å². The first-order valence-electron chi connectivity index (χ1n) is 8.42. The van der Waals surface area contributed by atoms with Gasteiger partial charge in [-0.3, -0.25) is 14.5 Å². The average molecular weight is 369 g/mol. The van der Waals surface area contributed by atoms with Crippen LogP contribution >= 0.6 is 0 Å². The molecule has 0 spiro atoms. The van der Waals surface area contributed by atoms with E-state index in [9.17, 15) is 18.0 Å². The molecule has 2 saturated heterocycles. The number of carbonyl (C=O) groups excluding carboxylic acids is 1. The number of hydrogen-bond acceptors (Lipinski definition) is 5. The molecular formula is C16H23N3O5S. The molecule has 1 aromatic heterocycles. The summed E-state index contributed by atoms with van der Waals surface area (Å²) in [7, 11) is -3.21. The molecule has 0 aliphatic carbocycles. The molecule has 0 radical (unpaired) electrons. The van der Waals surface area contributed by atoms with Crippen LogP contribution in [-0.2, 0) is 26.0 Å². The first-order chi connectivity index (χ1) is 11.9. The summed E-state index contributed by atoms with van der Waals surface area (Å²) in [5, 5.41) is 8.88. The van der Waals surface area contributed by atoms with Crippen LogP contribution in [0.15, 0.2) is 24.5 Å². The number of fused-ring (bicyclic) bond motifs is 1. The smallest absolute Gasteiger partial charge is 0.304 e. The van der Waals surface area contributed by atoms with E-state index < -0.39 is 15.8 Å². The lowest BCUT2D eigenvalue weighted by atomic mass is 10.0. The second kappa shape index (κ2) is 7.17. The first-order valence-corrected chi connectivity index (χ1v) is 10.2. The second-order valence-electron chi connectivity index (χ2n) is 6.65. The van der Waals surface area contributed by atoms with Gasteiger partial charge in [0.1, 0.15) is 0 Å². The molecule has 1 N–H and O–H groups in total. The molecule has 25 heavy (non-hydrogen) atoms. The van der Waals surface area contributed by atoms with Gasteiger partial charge in [0.2, 0.25) is 5.91 Å². The largest absolute Gasteiger partial charge is 0.481 e. The zero-order valence-electron chi connectivity index (χ0n) is 14.0. The molecule has 1 aromatic rings. The highest BCUT2D eigenvalue weighted by Crippen LogP contribution is 2.27. The van der Waals surface area contributed by atoms with Crippen LogP contribution in [0.5, 0.6) is 0 Å². The number of sulfone groups is 1. The fourth-order valence-electron chi connectivity index (χ4n) is 3.74. The molecule has 0 saturated carbocycles. The highest BCUT2D eigenvalue weighted by molar-refractivity contribution is 7.91. The summed E-state index contributed by atoms with van der Waals surface area (Å²) in [6, 6.07) is 3.12. The molecule has 0 bridgehead atoms. The van der Waals surface area contributed by atoms with Crippen LogP contribution in [0.3, 0.4) is 0 Å². The number of aromatic nitrogens is 1. The minimum Gasteiger partial charge on any atom is -0.481 e. The SMILES string of the molecule is O=C(O)CCN1CCN(C(=O)CCn2cccc2)[C@@H]2CS(=O)(=O)C[C@@H]21. The summed E-state index contributed by atoms with van der Waals surface area (Å²) in [4.78, 5) is 27.1. The lowest BCUT2D eigenvalue weighted by Crippen LogP contribution is -2.60. The van der Waals surface area contributed by atoms with E-state index in [1.165, 1.54) is 0 Å². The molecular weight excluding hydrogens is 346 g/mol. The van der Waals surface area contributed by atoms with Crippen LogP contribution in [0, 0.1) is 0 Å². The van der Waals surface area contributed by atoms with E-state index in [0.717, 1.165) is 0 Å². The van der Waals surface area contributed by atoms with Crippen molar-refractivity contribution in [2.45, 2.75) is 31.5 Å². The summed E-state index contributed by atoms with van der Waals surface area (Å²) in [6.07, 6.45) is 4.08. The number of carboxylic acids is 1. The Bertz CT molecular complexity index is 731. The van der Waals surface area contributed by atoms with E-state index in [1.54, 1.807) is 4.90 Å². The van der Waals surface area contributed by atoms with E-state index in [0.29, 0.717) is 32.6 Å². The van der Waals surface area contributed by atoms with E-state index in [-0.39, 0.29) is 35.9 Å². The van der Waals surface area contributed by atoms with Crippen molar-refractivity contribution in [3.05, 3.63) is 24.5 Å². The molecule has 9 heteroatoms. The predicted molar refractivity (Wildman–Crippen MR) is 90.8 cm³/mol. The summed E-state index contributed by atoms with van der Waals surface area (Å²) in [5.74, 6) is -0.976. The maximum Gasteiger partial charge on any atom is 0.304 e. The lowest BCUT2D eigenvalue weighted by molar-refractivity contribution is -0.140. The number of aryl methyl sites for hydroxylation is 1. The monoisotopic (exact) mass is 369 g/mol. The number of carbonyl (C=O) groups is 2. The Morgan fingerprint density at radius 1 is 1.00 bits per heavy atom. The number of amides is 1. The zero-order chi connectivity index (χ0) is 18.0. The number of nitrogens with zero attached hydrogens (tertiary/aromatic N) is 3. The van der Waals surface area contributed by atoms with Gasteiger partial charge in [-0.15, -0.1) is 0 Å². The lowest BCUT2D eigenvalue weighted by Gasteiger charge is -2.43. The molecule has 138 valence electrons. The van der Waals surface area contributed by atoms with Crippen molar-refractivity contribution in [2.24, 2.45) is 0 Å². The summed E-state index contributed by atoms with van der Waals surface area (Å²) in [6.45, 7) is 1.84. The van der Waals surface area contributed by atoms with Crippen molar-refractivity contribution in [1.29, 1.82) is 0 Å². The van der Waals surface area contributed by atoms with Gasteiger partial charge in [0, 0.05) is 51.0 Å². The van der Waals surface area contributed by atoms with Gasteiger partial charge in [-0.2, -0.15) is 0 Å². The molecule has 3 heterocycles. The van der Waals surface area contributed by atoms with Gasteiger partial charge in [-0.05, 0) is 12.1 Å². The van der Waals surface area contributed by atoms with E-state index >= 15 is 0 Å². The van der Waals surface area contributed by atoms with Gasteiger partial charge in [-0.25, -0.2) is 8.42 Å². The Hall–Kier alpha value is -1.87. The standard InChI is InChI=1S/C16H23N3O5S/c20-15(3-7-17-5-1-2-6-17)19-10-9-18(8-4-16(21)22)13-11-25(23,24)12-14(13)19/h1-2,5-6,13-14H,3-4,7-12H2,(H,21,22)/t13-,14+/m0/s1. The van der Waals surface area contributed by atoms with Gasteiger partial charge in [0.25, 0.3) is 0 Å². The third kappa shape index (κ3) is 4.21. The molecule has 2 aliphatic rings. The number of hydrogen-bond donors (Lipinski definition) is 1. The van der Waals surface area contributed by atoms with Gasteiger partial charge >= 0.3 is 5.97 Å². The van der Waals surface area contributed by atoms with Crippen LogP contribution in [-0.4, -0.2) is 83.0 Å². The number of rotatable bonds is 6. The molecule has 2 fully saturated rings. The van der Waals surface area contributed by atoms with Crippen molar-refractivity contribution in [2.75, 3.05) is 31.1 Å². The normalized spacial score (nSPS) is 25.7. The van der Waals surface area contributed by atoms with Crippen molar-refractivity contribution in [3.8, 4) is 0 Å². The van der Waals surface area contributed by atoms with Gasteiger partial charge in [0.15, 0.2) is 9.84 Å². The van der Waals surface area contributed by atoms with Crippen molar-refractivity contribution in [3.63, 3.8) is 0 Å². The van der Waals surface area contributed by atoms with E-state index in [2.05, 4.69) is 0 Å². The van der Waals surface area contributed by atoms with E-state index in [1.807, 2.05) is 34.0 Å². The maximum atomic E-state index is 12.6. The van der Waals surface area contributed by atoms with Crippen LogP contribution < -0.4 is 0 Å².